The van der Waals surface area contributed by atoms with Crippen molar-refractivity contribution in [2.24, 2.45) is 0 Å². The van der Waals surface area contributed by atoms with E-state index in [1.807, 2.05) is 29.8 Å². The Bertz CT molecular complexity index is 597. The standard InChI is InChI=1S/C14H18BrClN4/c1-4-7-17-9(2)14-10(3)20(19-18-14)13-8-11(16)5-6-12(13)15/h5-6,8-9,17H,4,7H2,1-3H3. The van der Waals surface area contributed by atoms with E-state index in [4.69, 9.17) is 11.6 Å². The summed E-state index contributed by atoms with van der Waals surface area (Å²) in [5.41, 5.74) is 2.88. The molecule has 0 aliphatic carbocycles. The van der Waals surface area contributed by atoms with Crippen molar-refractivity contribution in [1.29, 1.82) is 0 Å². The molecule has 1 N–H and O–H groups in total. The molecule has 108 valence electrons. The Morgan fingerprint density at radius 3 is 2.90 bits per heavy atom. The summed E-state index contributed by atoms with van der Waals surface area (Å²) in [6.45, 7) is 7.23. The van der Waals surface area contributed by atoms with Gasteiger partial charge in [-0.3, -0.25) is 0 Å². The summed E-state index contributed by atoms with van der Waals surface area (Å²) in [4.78, 5) is 0. The highest BCUT2D eigenvalue weighted by atomic mass is 79.9. The molecule has 0 aliphatic heterocycles. The Morgan fingerprint density at radius 1 is 1.45 bits per heavy atom. The van der Waals surface area contributed by atoms with E-state index in [0.29, 0.717) is 5.02 Å². The largest absolute Gasteiger partial charge is 0.309 e. The molecule has 1 heterocycles. The average molecular weight is 358 g/mol. The first kappa shape index (κ1) is 15.5. The van der Waals surface area contributed by atoms with Gasteiger partial charge in [-0.05, 0) is 60.9 Å². The lowest BCUT2D eigenvalue weighted by Gasteiger charge is -2.12. The average Bonchev–Trinajstić information content (AvgIpc) is 2.80. The highest BCUT2D eigenvalue weighted by Gasteiger charge is 2.17. The van der Waals surface area contributed by atoms with Crippen LogP contribution in [0.2, 0.25) is 5.02 Å². The maximum absolute atomic E-state index is 6.06. The van der Waals surface area contributed by atoms with Gasteiger partial charge in [-0.15, -0.1) is 5.10 Å². The summed E-state index contributed by atoms with van der Waals surface area (Å²) in [5.74, 6) is 0. The molecule has 20 heavy (non-hydrogen) atoms. The Labute approximate surface area is 132 Å². The van der Waals surface area contributed by atoms with E-state index >= 15 is 0 Å². The zero-order valence-corrected chi connectivity index (χ0v) is 14.2. The van der Waals surface area contributed by atoms with Crippen molar-refractivity contribution >= 4 is 27.5 Å². The van der Waals surface area contributed by atoms with Crippen LogP contribution in [-0.4, -0.2) is 21.5 Å². The van der Waals surface area contributed by atoms with Gasteiger partial charge in [0.1, 0.15) is 5.69 Å². The number of halogens is 2. The lowest BCUT2D eigenvalue weighted by molar-refractivity contribution is 0.555. The predicted octanol–water partition coefficient (Wildman–Crippen LogP) is 4.05. The molecule has 1 unspecified atom stereocenters. The molecular formula is C14H18BrClN4. The molecule has 0 radical (unpaired) electrons. The molecule has 0 saturated carbocycles. The highest BCUT2D eigenvalue weighted by molar-refractivity contribution is 9.10. The third-order valence-electron chi connectivity index (χ3n) is 3.18. The molecule has 6 heteroatoms. The van der Waals surface area contributed by atoms with Gasteiger partial charge in [-0.1, -0.05) is 23.7 Å². The smallest absolute Gasteiger partial charge is 0.103 e. The van der Waals surface area contributed by atoms with Crippen LogP contribution in [0.4, 0.5) is 0 Å². The predicted molar refractivity (Wildman–Crippen MR) is 85.5 cm³/mol. The van der Waals surface area contributed by atoms with Gasteiger partial charge in [-0.2, -0.15) is 0 Å². The van der Waals surface area contributed by atoms with Crippen molar-refractivity contribution in [2.75, 3.05) is 6.54 Å². The molecule has 0 aliphatic rings. The SMILES string of the molecule is CCCNC(C)c1nnn(-c2cc(Cl)ccc2Br)c1C. The monoisotopic (exact) mass is 356 g/mol. The van der Waals surface area contributed by atoms with Crippen LogP contribution in [0.3, 0.4) is 0 Å². The van der Waals surface area contributed by atoms with Gasteiger partial charge in [0.15, 0.2) is 0 Å². The van der Waals surface area contributed by atoms with Crippen molar-refractivity contribution < 1.29 is 0 Å². The first-order valence-electron chi connectivity index (χ1n) is 6.65. The molecule has 2 rings (SSSR count). The summed E-state index contributed by atoms with van der Waals surface area (Å²) in [6, 6.07) is 5.81. The second-order valence-electron chi connectivity index (χ2n) is 4.74. The van der Waals surface area contributed by atoms with Gasteiger partial charge in [0.25, 0.3) is 0 Å². The van der Waals surface area contributed by atoms with E-state index < -0.39 is 0 Å². The van der Waals surface area contributed by atoms with Crippen LogP contribution in [0.25, 0.3) is 5.69 Å². The van der Waals surface area contributed by atoms with Crippen molar-refractivity contribution in [2.45, 2.75) is 33.2 Å². The molecule has 0 fully saturated rings. The molecule has 0 bridgehead atoms. The highest BCUT2D eigenvalue weighted by Crippen LogP contribution is 2.26. The fourth-order valence-electron chi connectivity index (χ4n) is 2.08. The lowest BCUT2D eigenvalue weighted by atomic mass is 10.2. The fraction of sp³-hybridized carbons (Fsp3) is 0.429. The second kappa shape index (κ2) is 6.70. The number of benzene rings is 1. The van der Waals surface area contributed by atoms with Crippen LogP contribution >= 0.6 is 27.5 Å². The van der Waals surface area contributed by atoms with E-state index in [2.05, 4.69) is 45.4 Å². The van der Waals surface area contributed by atoms with Crippen molar-refractivity contribution in [3.8, 4) is 5.69 Å². The summed E-state index contributed by atoms with van der Waals surface area (Å²) in [6.07, 6.45) is 1.09. The minimum atomic E-state index is 0.182. The second-order valence-corrected chi connectivity index (χ2v) is 6.03. The Hall–Kier alpha value is -0.910. The minimum absolute atomic E-state index is 0.182. The number of hydrogen-bond acceptors (Lipinski definition) is 3. The molecule has 0 amide bonds. The molecule has 4 nitrogen and oxygen atoms in total. The van der Waals surface area contributed by atoms with Gasteiger partial charge in [0.05, 0.1) is 17.4 Å². The molecule has 1 aromatic carbocycles. The Morgan fingerprint density at radius 2 is 2.20 bits per heavy atom. The van der Waals surface area contributed by atoms with Crippen LogP contribution in [0.15, 0.2) is 22.7 Å². The van der Waals surface area contributed by atoms with E-state index in [9.17, 15) is 0 Å². The normalized spacial score (nSPS) is 12.7. The lowest BCUT2D eigenvalue weighted by Crippen LogP contribution is -2.20. The third kappa shape index (κ3) is 3.22. The zero-order chi connectivity index (χ0) is 14.7. The molecule has 0 saturated heterocycles. The van der Waals surface area contributed by atoms with Crippen LogP contribution in [0.1, 0.15) is 37.7 Å². The number of aromatic nitrogens is 3. The molecule has 0 spiro atoms. The maximum Gasteiger partial charge on any atom is 0.103 e. The summed E-state index contributed by atoms with van der Waals surface area (Å²) in [5, 5.41) is 12.7. The number of nitrogens with zero attached hydrogens (tertiary/aromatic N) is 3. The minimum Gasteiger partial charge on any atom is -0.309 e. The third-order valence-corrected chi connectivity index (χ3v) is 4.08. The van der Waals surface area contributed by atoms with Gasteiger partial charge < -0.3 is 5.32 Å². The van der Waals surface area contributed by atoms with Crippen molar-refractivity contribution in [3.05, 3.63) is 39.1 Å². The van der Waals surface area contributed by atoms with Gasteiger partial charge in [0.2, 0.25) is 0 Å². The molecule has 2 aromatic rings. The van der Waals surface area contributed by atoms with Gasteiger partial charge >= 0.3 is 0 Å². The van der Waals surface area contributed by atoms with E-state index in [-0.39, 0.29) is 6.04 Å². The zero-order valence-electron chi connectivity index (χ0n) is 11.8. The Balaban J connectivity index is 2.35. The van der Waals surface area contributed by atoms with E-state index in [1.54, 1.807) is 0 Å². The van der Waals surface area contributed by atoms with Crippen LogP contribution in [0, 0.1) is 6.92 Å². The summed E-state index contributed by atoms with van der Waals surface area (Å²) < 4.78 is 2.76. The summed E-state index contributed by atoms with van der Waals surface area (Å²) in [7, 11) is 0. The topological polar surface area (TPSA) is 42.7 Å². The number of hydrogen-bond donors (Lipinski definition) is 1. The number of rotatable bonds is 5. The first-order valence-corrected chi connectivity index (χ1v) is 7.82. The van der Waals surface area contributed by atoms with E-state index in [1.165, 1.54) is 0 Å². The molecule has 1 atom stereocenters. The molecule has 1 aromatic heterocycles. The van der Waals surface area contributed by atoms with Crippen molar-refractivity contribution in [1.82, 2.24) is 20.3 Å². The first-order chi connectivity index (χ1) is 9.54. The van der Waals surface area contributed by atoms with Crippen LogP contribution in [-0.2, 0) is 0 Å². The van der Waals surface area contributed by atoms with Crippen LogP contribution < -0.4 is 5.32 Å². The van der Waals surface area contributed by atoms with Crippen LogP contribution in [0.5, 0.6) is 0 Å². The van der Waals surface area contributed by atoms with Crippen molar-refractivity contribution in [3.63, 3.8) is 0 Å². The van der Waals surface area contributed by atoms with Gasteiger partial charge in [0, 0.05) is 9.50 Å². The molecular weight excluding hydrogens is 340 g/mol. The van der Waals surface area contributed by atoms with Gasteiger partial charge in [-0.25, -0.2) is 4.68 Å². The number of nitrogens with one attached hydrogen (secondary N) is 1. The quantitative estimate of drug-likeness (QED) is 0.877. The maximum atomic E-state index is 6.06. The summed E-state index contributed by atoms with van der Waals surface area (Å²) >= 11 is 9.59. The van der Waals surface area contributed by atoms with E-state index in [0.717, 1.165) is 34.5 Å². The Kier molecular flexibility index (Phi) is 5.18. The fourth-order valence-corrected chi connectivity index (χ4v) is 2.66.